The number of hydrogen-bond donors (Lipinski definition) is 0. The summed E-state index contributed by atoms with van der Waals surface area (Å²) in [6, 6.07) is 6.73. The maximum atomic E-state index is 2.37. The topological polar surface area (TPSA) is 0 Å². The van der Waals surface area contributed by atoms with Crippen LogP contribution in [0.25, 0.3) is 11.6 Å². The van der Waals surface area contributed by atoms with Crippen molar-refractivity contribution < 1.29 is 0 Å². The summed E-state index contributed by atoms with van der Waals surface area (Å²) in [7, 11) is 0. The van der Waals surface area contributed by atoms with Gasteiger partial charge in [0, 0.05) is 0 Å². The van der Waals surface area contributed by atoms with Gasteiger partial charge in [0.15, 0.2) is 0 Å². The molecule has 0 saturated carbocycles. The van der Waals surface area contributed by atoms with Crippen LogP contribution in [0.3, 0.4) is 0 Å². The van der Waals surface area contributed by atoms with E-state index in [0.717, 1.165) is 0 Å². The standard InChI is InChI=1S/C12H12.C2H6/c1-3-9-4-2-6-11-8-7-10(5-1)12(9)11;1-2/h1,3,5,7H,2,4,6,8H2;1-2H3. The molecule has 1 aromatic carbocycles. The van der Waals surface area contributed by atoms with Crippen molar-refractivity contribution in [3.8, 4) is 0 Å². The molecule has 3 rings (SSSR count). The molecule has 0 heterocycles. The van der Waals surface area contributed by atoms with E-state index in [-0.39, 0.29) is 0 Å². The molecule has 1 aromatic rings. The Labute approximate surface area is 86.0 Å². The maximum absolute atomic E-state index is 2.37. The predicted octanol–water partition coefficient (Wildman–Crippen LogP) is 2.38. The van der Waals surface area contributed by atoms with Crippen LogP contribution in [0.15, 0.2) is 18.2 Å². The molecule has 0 amide bonds. The Bertz CT molecular complexity index is 438. The number of hydrogen-bond acceptors (Lipinski definition) is 0. The molecule has 0 N–H and O–H groups in total. The van der Waals surface area contributed by atoms with Crippen LogP contribution in [-0.4, -0.2) is 0 Å². The molecule has 2 aliphatic rings. The Morgan fingerprint density at radius 3 is 2.79 bits per heavy atom. The average Bonchev–Trinajstić information content (AvgIpc) is 2.68. The van der Waals surface area contributed by atoms with Gasteiger partial charge >= 0.3 is 0 Å². The van der Waals surface area contributed by atoms with Gasteiger partial charge in [-0.1, -0.05) is 43.7 Å². The quantitative estimate of drug-likeness (QED) is 0.583. The van der Waals surface area contributed by atoms with Crippen LogP contribution in [0.4, 0.5) is 0 Å². The van der Waals surface area contributed by atoms with Gasteiger partial charge in [-0.15, -0.1) is 0 Å². The second-order valence-electron chi connectivity index (χ2n) is 3.75. The Balaban J connectivity index is 0.000000354. The van der Waals surface area contributed by atoms with Crippen molar-refractivity contribution in [2.45, 2.75) is 39.5 Å². The van der Waals surface area contributed by atoms with E-state index in [1.54, 1.807) is 16.4 Å². The first-order valence-corrected chi connectivity index (χ1v) is 5.75. The van der Waals surface area contributed by atoms with E-state index in [9.17, 15) is 0 Å². The molecule has 0 unspecified atom stereocenters. The largest absolute Gasteiger partial charge is 0.0726 e. The molecule has 2 aliphatic carbocycles. The molecule has 0 bridgehead atoms. The molecular weight excluding hydrogens is 168 g/mol. The van der Waals surface area contributed by atoms with Crippen molar-refractivity contribution in [3.63, 3.8) is 0 Å². The first-order valence-electron chi connectivity index (χ1n) is 5.75. The number of aryl methyl sites for hydroxylation is 1. The first-order chi connectivity index (χ1) is 6.95. The van der Waals surface area contributed by atoms with Gasteiger partial charge in [-0.3, -0.25) is 0 Å². The molecular formula is C14H18. The highest BCUT2D eigenvalue weighted by Gasteiger charge is 2.12. The van der Waals surface area contributed by atoms with E-state index in [4.69, 9.17) is 0 Å². The van der Waals surface area contributed by atoms with Gasteiger partial charge in [0.25, 0.3) is 0 Å². The highest BCUT2D eigenvalue weighted by Crippen LogP contribution is 2.19. The zero-order valence-electron chi connectivity index (χ0n) is 9.14. The lowest BCUT2D eigenvalue weighted by Crippen LogP contribution is -2.29. The second-order valence-corrected chi connectivity index (χ2v) is 3.75. The fourth-order valence-electron chi connectivity index (χ4n) is 2.48. The molecule has 0 atom stereocenters. The monoisotopic (exact) mass is 186 g/mol. The van der Waals surface area contributed by atoms with E-state index < -0.39 is 0 Å². The zero-order chi connectivity index (χ0) is 9.97. The highest BCUT2D eigenvalue weighted by atomic mass is 14.2. The lowest BCUT2D eigenvalue weighted by atomic mass is 9.94. The van der Waals surface area contributed by atoms with E-state index in [0.29, 0.717) is 0 Å². The third kappa shape index (κ3) is 1.39. The van der Waals surface area contributed by atoms with Crippen LogP contribution in [0.1, 0.15) is 38.7 Å². The summed E-state index contributed by atoms with van der Waals surface area (Å²) in [6.45, 7) is 4.00. The lowest BCUT2D eigenvalue weighted by Gasteiger charge is -2.11. The van der Waals surface area contributed by atoms with Gasteiger partial charge in [-0.25, -0.2) is 0 Å². The first kappa shape index (κ1) is 9.51. The molecule has 0 aliphatic heterocycles. The van der Waals surface area contributed by atoms with Gasteiger partial charge in [-0.05, 0) is 41.7 Å². The van der Waals surface area contributed by atoms with Crippen molar-refractivity contribution in [2.75, 3.05) is 0 Å². The van der Waals surface area contributed by atoms with E-state index in [1.165, 1.54) is 30.9 Å². The summed E-state index contributed by atoms with van der Waals surface area (Å²) < 4.78 is 0. The van der Waals surface area contributed by atoms with Gasteiger partial charge in [0.1, 0.15) is 0 Å². The van der Waals surface area contributed by atoms with Gasteiger partial charge in [0.05, 0.1) is 0 Å². The van der Waals surface area contributed by atoms with Crippen LogP contribution in [0, 0.1) is 0 Å². The van der Waals surface area contributed by atoms with Crippen LogP contribution in [-0.2, 0) is 6.42 Å². The summed E-state index contributed by atoms with van der Waals surface area (Å²) in [4.78, 5) is 0. The molecule has 14 heavy (non-hydrogen) atoms. The summed E-state index contributed by atoms with van der Waals surface area (Å²) in [5, 5.41) is 3.09. The molecule has 0 aromatic heterocycles. The smallest absolute Gasteiger partial charge is 0.0120 e. The zero-order valence-corrected chi connectivity index (χ0v) is 9.14. The summed E-state index contributed by atoms with van der Waals surface area (Å²) in [6.07, 6.45) is 7.58. The molecule has 0 fully saturated rings. The van der Waals surface area contributed by atoms with Crippen molar-refractivity contribution in [2.24, 2.45) is 0 Å². The average molecular weight is 186 g/mol. The normalized spacial score (nSPS) is 16.6. The maximum Gasteiger partial charge on any atom is -0.0120 e. The minimum atomic E-state index is 1.21. The van der Waals surface area contributed by atoms with E-state index in [2.05, 4.69) is 24.3 Å². The summed E-state index contributed by atoms with van der Waals surface area (Å²) >= 11 is 0. The van der Waals surface area contributed by atoms with Gasteiger partial charge in [-0.2, -0.15) is 0 Å². The Morgan fingerprint density at radius 1 is 1.07 bits per heavy atom. The minimum Gasteiger partial charge on any atom is -0.0726 e. The van der Waals surface area contributed by atoms with Crippen molar-refractivity contribution >= 4 is 11.6 Å². The van der Waals surface area contributed by atoms with Crippen molar-refractivity contribution in [1.29, 1.82) is 0 Å². The van der Waals surface area contributed by atoms with E-state index in [1.807, 2.05) is 13.8 Å². The highest BCUT2D eigenvalue weighted by molar-refractivity contribution is 5.61. The molecule has 74 valence electrons. The fraction of sp³-hybridized carbons (Fsp3) is 0.429. The Morgan fingerprint density at radius 2 is 1.93 bits per heavy atom. The summed E-state index contributed by atoms with van der Waals surface area (Å²) in [5.74, 6) is 0. The third-order valence-electron chi connectivity index (χ3n) is 3.03. The number of benzene rings is 1. The SMILES string of the molecule is C1=c2cccc3c2=C(C1)CCC3.CC. The third-order valence-corrected chi connectivity index (χ3v) is 3.03. The number of rotatable bonds is 0. The molecule has 0 saturated heterocycles. The van der Waals surface area contributed by atoms with Crippen LogP contribution in [0.2, 0.25) is 0 Å². The molecule has 0 spiro atoms. The van der Waals surface area contributed by atoms with E-state index >= 15 is 0 Å². The Hall–Kier alpha value is -1.04. The van der Waals surface area contributed by atoms with Crippen LogP contribution >= 0.6 is 0 Å². The summed E-state index contributed by atoms with van der Waals surface area (Å²) in [5.41, 5.74) is 3.27. The van der Waals surface area contributed by atoms with Gasteiger partial charge < -0.3 is 0 Å². The minimum absolute atomic E-state index is 1.21. The lowest BCUT2D eigenvalue weighted by molar-refractivity contribution is 0.813. The van der Waals surface area contributed by atoms with Gasteiger partial charge in [0.2, 0.25) is 0 Å². The van der Waals surface area contributed by atoms with Crippen molar-refractivity contribution in [3.05, 3.63) is 34.2 Å². The molecule has 0 heteroatoms. The predicted molar refractivity (Wildman–Crippen MR) is 62.5 cm³/mol. The molecule has 0 nitrogen and oxygen atoms in total. The van der Waals surface area contributed by atoms with Crippen LogP contribution < -0.4 is 10.4 Å². The van der Waals surface area contributed by atoms with Crippen molar-refractivity contribution in [1.82, 2.24) is 0 Å². The second kappa shape index (κ2) is 4.00. The van der Waals surface area contributed by atoms with Crippen LogP contribution in [0.5, 0.6) is 0 Å². The Kier molecular flexibility index (Phi) is 2.72. The fourth-order valence-corrected chi connectivity index (χ4v) is 2.48. The molecule has 0 radical (unpaired) electrons.